The molecule has 2 aromatic carbocycles. The van der Waals surface area contributed by atoms with E-state index in [1.165, 1.54) is 0 Å². The van der Waals surface area contributed by atoms with Crippen molar-refractivity contribution >= 4 is 22.7 Å². The predicted octanol–water partition coefficient (Wildman–Crippen LogP) is 3.40. The van der Waals surface area contributed by atoms with E-state index in [1.54, 1.807) is 6.07 Å². The fourth-order valence-corrected chi connectivity index (χ4v) is 2.80. The molecule has 6 nitrogen and oxygen atoms in total. The number of carbonyl (C=O) groups excluding carboxylic acids is 2. The van der Waals surface area contributed by atoms with Crippen LogP contribution >= 0.6 is 0 Å². The van der Waals surface area contributed by atoms with Crippen molar-refractivity contribution in [3.05, 3.63) is 65.7 Å². The van der Waals surface area contributed by atoms with Gasteiger partial charge in [-0.3, -0.25) is 20.4 Å². The van der Waals surface area contributed by atoms with Crippen LogP contribution in [-0.2, 0) is 9.53 Å². The molecule has 0 aliphatic rings. The van der Waals surface area contributed by atoms with E-state index in [9.17, 15) is 9.59 Å². The molecular weight excluding hydrogens is 354 g/mol. The lowest BCUT2D eigenvalue weighted by Crippen LogP contribution is -2.42. The summed E-state index contributed by atoms with van der Waals surface area (Å²) in [6, 6.07) is 17.1. The van der Waals surface area contributed by atoms with Gasteiger partial charge in [-0.05, 0) is 26.0 Å². The Balaban J connectivity index is 1.85. The minimum Gasteiger partial charge on any atom is -0.381 e. The third kappa shape index (κ3) is 4.72. The first-order valence-corrected chi connectivity index (χ1v) is 9.22. The number of aromatic nitrogens is 1. The second-order valence-corrected chi connectivity index (χ2v) is 6.39. The highest BCUT2D eigenvalue weighted by atomic mass is 16.5. The highest BCUT2D eigenvalue weighted by Gasteiger charge is 2.14. The fourth-order valence-electron chi connectivity index (χ4n) is 2.80. The molecular formula is C22H23N3O3. The van der Waals surface area contributed by atoms with Crippen LogP contribution in [0.5, 0.6) is 0 Å². The molecule has 1 heterocycles. The van der Waals surface area contributed by atoms with Gasteiger partial charge >= 0.3 is 0 Å². The van der Waals surface area contributed by atoms with Gasteiger partial charge in [0.2, 0.25) is 5.91 Å². The van der Waals surface area contributed by atoms with Crippen LogP contribution in [0, 0.1) is 6.92 Å². The number of benzene rings is 2. The van der Waals surface area contributed by atoms with Gasteiger partial charge in [0.1, 0.15) is 0 Å². The summed E-state index contributed by atoms with van der Waals surface area (Å²) in [7, 11) is 0. The van der Waals surface area contributed by atoms with E-state index >= 15 is 0 Å². The van der Waals surface area contributed by atoms with Crippen LogP contribution < -0.4 is 10.9 Å². The summed E-state index contributed by atoms with van der Waals surface area (Å²) >= 11 is 0. The Bertz CT molecular complexity index is 984. The van der Waals surface area contributed by atoms with Crippen LogP contribution in [0.4, 0.5) is 0 Å². The van der Waals surface area contributed by atoms with E-state index in [4.69, 9.17) is 4.74 Å². The van der Waals surface area contributed by atoms with Gasteiger partial charge in [-0.2, -0.15) is 0 Å². The number of carbonyl (C=O) groups is 2. The molecule has 3 rings (SSSR count). The molecule has 0 aliphatic carbocycles. The maximum Gasteiger partial charge on any atom is 0.270 e. The molecule has 0 radical (unpaired) electrons. The van der Waals surface area contributed by atoms with Gasteiger partial charge in [0.05, 0.1) is 29.8 Å². The van der Waals surface area contributed by atoms with E-state index < -0.39 is 5.91 Å². The van der Waals surface area contributed by atoms with Crippen LogP contribution in [0.25, 0.3) is 22.2 Å². The molecule has 0 fully saturated rings. The number of aryl methyl sites for hydroxylation is 1. The Hall–Kier alpha value is -3.25. The van der Waals surface area contributed by atoms with E-state index in [0.29, 0.717) is 30.0 Å². The molecule has 1 aromatic heterocycles. The van der Waals surface area contributed by atoms with Crippen molar-refractivity contribution in [1.29, 1.82) is 0 Å². The first kappa shape index (κ1) is 19.5. The van der Waals surface area contributed by atoms with Crippen molar-refractivity contribution < 1.29 is 14.3 Å². The second kappa shape index (κ2) is 9.10. The Morgan fingerprint density at radius 3 is 2.54 bits per heavy atom. The smallest absolute Gasteiger partial charge is 0.270 e. The number of para-hydroxylation sites is 1. The molecule has 0 aliphatic heterocycles. The second-order valence-electron chi connectivity index (χ2n) is 6.39. The predicted molar refractivity (Wildman–Crippen MR) is 109 cm³/mol. The Kier molecular flexibility index (Phi) is 6.34. The van der Waals surface area contributed by atoms with Crippen molar-refractivity contribution in [3.63, 3.8) is 0 Å². The van der Waals surface area contributed by atoms with Crippen LogP contribution in [0.15, 0.2) is 54.6 Å². The van der Waals surface area contributed by atoms with Gasteiger partial charge in [-0.15, -0.1) is 0 Å². The Labute approximate surface area is 163 Å². The summed E-state index contributed by atoms with van der Waals surface area (Å²) in [5.41, 5.74) is 8.86. The lowest BCUT2D eigenvalue weighted by atomic mass is 10.0. The monoisotopic (exact) mass is 377 g/mol. The average molecular weight is 377 g/mol. The van der Waals surface area contributed by atoms with Gasteiger partial charge in [0, 0.05) is 17.6 Å². The maximum atomic E-state index is 12.7. The number of hydrogen-bond acceptors (Lipinski definition) is 4. The number of rotatable bonds is 6. The zero-order valence-corrected chi connectivity index (χ0v) is 16.0. The van der Waals surface area contributed by atoms with Gasteiger partial charge in [-0.25, -0.2) is 4.98 Å². The number of nitrogens with one attached hydrogen (secondary N) is 2. The molecule has 0 atom stereocenters. The molecule has 0 saturated heterocycles. The number of pyridine rings is 1. The summed E-state index contributed by atoms with van der Waals surface area (Å²) in [6.45, 7) is 4.74. The number of hydrogen-bond donors (Lipinski definition) is 2. The Morgan fingerprint density at radius 1 is 1.04 bits per heavy atom. The van der Waals surface area contributed by atoms with Gasteiger partial charge in [0.15, 0.2) is 0 Å². The van der Waals surface area contributed by atoms with E-state index in [1.807, 2.05) is 62.4 Å². The highest BCUT2D eigenvalue weighted by Crippen LogP contribution is 2.25. The first-order chi connectivity index (χ1) is 13.6. The molecule has 0 bridgehead atoms. The lowest BCUT2D eigenvalue weighted by molar-refractivity contribution is -0.122. The summed E-state index contributed by atoms with van der Waals surface area (Å²) in [5.74, 6) is -0.698. The zero-order chi connectivity index (χ0) is 19.9. The summed E-state index contributed by atoms with van der Waals surface area (Å²) in [6.07, 6.45) is 0.180. The third-order valence-electron chi connectivity index (χ3n) is 4.30. The van der Waals surface area contributed by atoms with E-state index in [0.717, 1.165) is 16.5 Å². The number of ether oxygens (including phenoxy) is 1. The molecule has 2 amide bonds. The molecule has 6 heteroatoms. The highest BCUT2D eigenvalue weighted by molar-refractivity contribution is 6.07. The van der Waals surface area contributed by atoms with E-state index in [-0.39, 0.29) is 12.3 Å². The van der Waals surface area contributed by atoms with Gasteiger partial charge in [-0.1, -0.05) is 48.0 Å². The lowest BCUT2D eigenvalue weighted by Gasteiger charge is -2.11. The quantitative estimate of drug-likeness (QED) is 0.510. The standard InChI is InChI=1S/C22H23N3O3/c1-3-28-13-12-21(26)24-25-22(27)18-14-20(16-10-8-15(2)9-11-16)23-19-7-5-4-6-17(18)19/h4-11,14H,3,12-13H2,1-2H3,(H,24,26)(H,25,27). The van der Waals surface area contributed by atoms with Crippen LogP contribution in [-0.4, -0.2) is 30.0 Å². The third-order valence-corrected chi connectivity index (χ3v) is 4.30. The summed E-state index contributed by atoms with van der Waals surface area (Å²) < 4.78 is 5.14. The van der Waals surface area contributed by atoms with Gasteiger partial charge in [0.25, 0.3) is 5.91 Å². The Morgan fingerprint density at radius 2 is 1.79 bits per heavy atom. The largest absolute Gasteiger partial charge is 0.381 e. The first-order valence-electron chi connectivity index (χ1n) is 9.22. The van der Waals surface area contributed by atoms with Crippen molar-refractivity contribution in [1.82, 2.24) is 15.8 Å². The normalized spacial score (nSPS) is 10.6. The number of hydrazine groups is 1. The van der Waals surface area contributed by atoms with Crippen molar-refractivity contribution in [3.8, 4) is 11.3 Å². The van der Waals surface area contributed by atoms with Crippen molar-refractivity contribution in [2.45, 2.75) is 20.3 Å². The SMILES string of the molecule is CCOCCC(=O)NNC(=O)c1cc(-c2ccc(C)cc2)nc2ccccc12. The average Bonchev–Trinajstić information content (AvgIpc) is 2.72. The number of amides is 2. The molecule has 0 saturated carbocycles. The van der Waals surface area contributed by atoms with Crippen LogP contribution in [0.2, 0.25) is 0 Å². The minimum absolute atomic E-state index is 0.180. The minimum atomic E-state index is -0.392. The zero-order valence-electron chi connectivity index (χ0n) is 16.0. The molecule has 3 aromatic rings. The maximum absolute atomic E-state index is 12.7. The topological polar surface area (TPSA) is 80.3 Å². The molecule has 0 spiro atoms. The molecule has 28 heavy (non-hydrogen) atoms. The summed E-state index contributed by atoms with van der Waals surface area (Å²) in [5, 5.41) is 0.722. The van der Waals surface area contributed by atoms with E-state index in [2.05, 4.69) is 15.8 Å². The van der Waals surface area contributed by atoms with Crippen molar-refractivity contribution in [2.24, 2.45) is 0 Å². The summed E-state index contributed by atoms with van der Waals surface area (Å²) in [4.78, 5) is 29.2. The fraction of sp³-hybridized carbons (Fsp3) is 0.227. The molecule has 2 N–H and O–H groups in total. The van der Waals surface area contributed by atoms with Crippen LogP contribution in [0.1, 0.15) is 29.3 Å². The molecule has 0 unspecified atom stereocenters. The van der Waals surface area contributed by atoms with Crippen molar-refractivity contribution in [2.75, 3.05) is 13.2 Å². The number of nitrogens with zero attached hydrogens (tertiary/aromatic N) is 1. The van der Waals surface area contributed by atoms with Gasteiger partial charge < -0.3 is 4.74 Å². The number of fused-ring (bicyclic) bond motifs is 1. The van der Waals surface area contributed by atoms with Crippen LogP contribution in [0.3, 0.4) is 0 Å². The molecule has 144 valence electrons.